The zero-order valence-corrected chi connectivity index (χ0v) is 10.9. The first-order valence-electron chi connectivity index (χ1n) is 6.87. The number of benzene rings is 1. The number of hydrogen-bond donors (Lipinski definition) is 1. The summed E-state index contributed by atoms with van der Waals surface area (Å²) in [6.07, 6.45) is 5.56. The van der Waals surface area contributed by atoms with Crippen LogP contribution < -0.4 is 5.32 Å². The van der Waals surface area contributed by atoms with Crippen LogP contribution in [0, 0.1) is 17.6 Å². The highest BCUT2D eigenvalue weighted by atomic mass is 19.1. The molecule has 0 radical (unpaired) electrons. The topological polar surface area (TPSA) is 12.0 Å². The van der Waals surface area contributed by atoms with Gasteiger partial charge in [-0.15, -0.1) is 0 Å². The lowest BCUT2D eigenvalue weighted by Gasteiger charge is -2.34. The maximum atomic E-state index is 13.2. The summed E-state index contributed by atoms with van der Waals surface area (Å²) in [4.78, 5) is 0. The van der Waals surface area contributed by atoms with Crippen LogP contribution in [0.25, 0.3) is 0 Å². The minimum atomic E-state index is -0.479. The molecular formula is C15H21F2N. The zero-order valence-electron chi connectivity index (χ0n) is 10.9. The molecule has 1 saturated carbocycles. The molecule has 100 valence electrons. The van der Waals surface area contributed by atoms with Crippen molar-refractivity contribution < 1.29 is 8.78 Å². The van der Waals surface area contributed by atoms with Crippen LogP contribution in [0.1, 0.15) is 38.2 Å². The van der Waals surface area contributed by atoms with E-state index in [2.05, 4.69) is 12.2 Å². The van der Waals surface area contributed by atoms with Crippen LogP contribution in [0.5, 0.6) is 0 Å². The van der Waals surface area contributed by atoms with Crippen molar-refractivity contribution >= 4 is 0 Å². The minimum Gasteiger partial charge on any atom is -0.313 e. The second-order valence-electron chi connectivity index (χ2n) is 5.23. The van der Waals surface area contributed by atoms with Crippen molar-refractivity contribution in [2.75, 3.05) is 6.54 Å². The van der Waals surface area contributed by atoms with Gasteiger partial charge in [-0.05, 0) is 55.8 Å². The van der Waals surface area contributed by atoms with Gasteiger partial charge in [0.2, 0.25) is 0 Å². The molecule has 0 spiro atoms. The number of rotatable bonds is 6. The number of nitrogens with one attached hydrogen (secondary N) is 1. The summed E-state index contributed by atoms with van der Waals surface area (Å²) in [6, 6.07) is 4.19. The van der Waals surface area contributed by atoms with Crippen molar-refractivity contribution in [1.82, 2.24) is 5.32 Å². The van der Waals surface area contributed by atoms with Crippen LogP contribution >= 0.6 is 0 Å². The molecule has 1 unspecified atom stereocenters. The van der Waals surface area contributed by atoms with Crippen LogP contribution in [0.3, 0.4) is 0 Å². The lowest BCUT2D eigenvalue weighted by Crippen LogP contribution is -2.41. The molecule has 2 rings (SSSR count). The molecule has 3 heteroatoms. The SMILES string of the molecule is CCCNC(Cc1cc(F)cc(F)c1)C1CCC1. The van der Waals surface area contributed by atoms with E-state index < -0.39 is 11.6 Å². The minimum absolute atomic E-state index is 0.361. The van der Waals surface area contributed by atoms with Gasteiger partial charge in [0, 0.05) is 12.1 Å². The van der Waals surface area contributed by atoms with Gasteiger partial charge in [-0.1, -0.05) is 13.3 Å². The van der Waals surface area contributed by atoms with Gasteiger partial charge in [0.1, 0.15) is 11.6 Å². The van der Waals surface area contributed by atoms with Gasteiger partial charge in [0.25, 0.3) is 0 Å². The van der Waals surface area contributed by atoms with E-state index in [1.54, 1.807) is 0 Å². The third kappa shape index (κ3) is 3.52. The predicted octanol–water partition coefficient (Wildman–Crippen LogP) is 3.68. The molecule has 1 aromatic rings. The first-order chi connectivity index (χ1) is 8.69. The summed E-state index contributed by atoms with van der Waals surface area (Å²) in [6.45, 7) is 3.10. The highest BCUT2D eigenvalue weighted by Gasteiger charge is 2.26. The molecule has 1 nitrogen and oxygen atoms in total. The van der Waals surface area contributed by atoms with Crippen molar-refractivity contribution in [3.05, 3.63) is 35.4 Å². The van der Waals surface area contributed by atoms with Crippen molar-refractivity contribution in [1.29, 1.82) is 0 Å². The van der Waals surface area contributed by atoms with Gasteiger partial charge in [-0.25, -0.2) is 8.78 Å². The maximum absolute atomic E-state index is 13.2. The van der Waals surface area contributed by atoms with Crippen molar-refractivity contribution in [2.24, 2.45) is 5.92 Å². The summed E-state index contributed by atoms with van der Waals surface area (Å²) < 4.78 is 26.3. The molecule has 1 atom stereocenters. The molecular weight excluding hydrogens is 232 g/mol. The third-order valence-electron chi connectivity index (χ3n) is 3.75. The number of hydrogen-bond acceptors (Lipinski definition) is 1. The summed E-state index contributed by atoms with van der Waals surface area (Å²) in [5.74, 6) is -0.288. The smallest absolute Gasteiger partial charge is 0.126 e. The standard InChI is InChI=1S/C15H21F2N/c1-2-6-18-15(12-4-3-5-12)9-11-7-13(16)10-14(17)8-11/h7-8,10,12,15,18H,2-6,9H2,1H3. The van der Waals surface area contributed by atoms with Crippen LogP contribution in [-0.2, 0) is 6.42 Å². The van der Waals surface area contributed by atoms with Crippen LogP contribution in [0.2, 0.25) is 0 Å². The molecule has 0 aromatic heterocycles. The average Bonchev–Trinajstić information content (AvgIpc) is 2.21. The monoisotopic (exact) mass is 253 g/mol. The van der Waals surface area contributed by atoms with E-state index >= 15 is 0 Å². The summed E-state index contributed by atoms with van der Waals surface area (Å²) >= 11 is 0. The van der Waals surface area contributed by atoms with E-state index in [9.17, 15) is 8.78 Å². The van der Waals surface area contributed by atoms with E-state index in [0.29, 0.717) is 12.0 Å². The molecule has 0 amide bonds. The van der Waals surface area contributed by atoms with Crippen LogP contribution in [0.15, 0.2) is 18.2 Å². The zero-order chi connectivity index (χ0) is 13.0. The van der Waals surface area contributed by atoms with E-state index in [0.717, 1.165) is 31.0 Å². The molecule has 0 aliphatic heterocycles. The van der Waals surface area contributed by atoms with E-state index in [1.165, 1.54) is 31.4 Å². The fourth-order valence-electron chi connectivity index (χ4n) is 2.56. The van der Waals surface area contributed by atoms with Gasteiger partial charge in [-0.3, -0.25) is 0 Å². The molecule has 18 heavy (non-hydrogen) atoms. The lowest BCUT2D eigenvalue weighted by atomic mass is 9.77. The third-order valence-corrected chi connectivity index (χ3v) is 3.75. The molecule has 0 heterocycles. The first kappa shape index (κ1) is 13.5. The van der Waals surface area contributed by atoms with E-state index in [-0.39, 0.29) is 0 Å². The van der Waals surface area contributed by atoms with E-state index in [1.807, 2.05) is 0 Å². The Kier molecular flexibility index (Phi) is 4.70. The fourth-order valence-corrected chi connectivity index (χ4v) is 2.56. The summed E-state index contributed by atoms with van der Waals surface area (Å²) in [5.41, 5.74) is 0.757. The van der Waals surface area contributed by atoms with Crippen molar-refractivity contribution in [3.63, 3.8) is 0 Å². The average molecular weight is 253 g/mol. The first-order valence-corrected chi connectivity index (χ1v) is 6.87. The van der Waals surface area contributed by atoms with Crippen LogP contribution in [0.4, 0.5) is 8.78 Å². The summed E-state index contributed by atoms with van der Waals surface area (Å²) in [5, 5.41) is 3.51. The van der Waals surface area contributed by atoms with Gasteiger partial charge in [0.05, 0.1) is 0 Å². The van der Waals surface area contributed by atoms with Crippen molar-refractivity contribution in [3.8, 4) is 0 Å². The molecule has 1 aliphatic carbocycles. The Bertz CT molecular complexity index is 368. The molecule has 1 fully saturated rings. The normalized spacial score (nSPS) is 17.5. The molecule has 1 aliphatic rings. The predicted molar refractivity (Wildman–Crippen MR) is 69.5 cm³/mol. The largest absolute Gasteiger partial charge is 0.313 e. The Labute approximate surface area is 108 Å². The van der Waals surface area contributed by atoms with Gasteiger partial charge in [0.15, 0.2) is 0 Å². The molecule has 0 saturated heterocycles. The fraction of sp³-hybridized carbons (Fsp3) is 0.600. The lowest BCUT2D eigenvalue weighted by molar-refractivity contribution is 0.227. The van der Waals surface area contributed by atoms with Gasteiger partial charge < -0.3 is 5.32 Å². The maximum Gasteiger partial charge on any atom is 0.126 e. The Hall–Kier alpha value is -0.960. The van der Waals surface area contributed by atoms with E-state index in [4.69, 9.17) is 0 Å². The Morgan fingerprint density at radius 1 is 1.22 bits per heavy atom. The van der Waals surface area contributed by atoms with Crippen molar-refractivity contribution in [2.45, 2.75) is 45.1 Å². The second-order valence-corrected chi connectivity index (χ2v) is 5.23. The Morgan fingerprint density at radius 2 is 1.89 bits per heavy atom. The highest BCUT2D eigenvalue weighted by molar-refractivity contribution is 5.19. The quantitative estimate of drug-likeness (QED) is 0.815. The molecule has 0 bridgehead atoms. The summed E-state index contributed by atoms with van der Waals surface area (Å²) in [7, 11) is 0. The second kappa shape index (κ2) is 6.28. The van der Waals surface area contributed by atoms with Gasteiger partial charge in [-0.2, -0.15) is 0 Å². The van der Waals surface area contributed by atoms with Crippen LogP contribution in [-0.4, -0.2) is 12.6 Å². The molecule has 1 N–H and O–H groups in total. The Balaban J connectivity index is 2.02. The highest BCUT2D eigenvalue weighted by Crippen LogP contribution is 2.31. The van der Waals surface area contributed by atoms with Gasteiger partial charge >= 0.3 is 0 Å². The Morgan fingerprint density at radius 3 is 2.39 bits per heavy atom. The number of halogens is 2. The molecule has 1 aromatic carbocycles.